The molecule has 2 heterocycles. The molecule has 0 spiro atoms. The molecule has 7 nitrogen and oxygen atoms in total. The Morgan fingerprint density at radius 1 is 1.23 bits per heavy atom. The zero-order chi connectivity index (χ0) is 16.4. The number of fused-ring (bicyclic) bond motifs is 1. The highest BCUT2D eigenvalue weighted by Crippen LogP contribution is 2.15. The van der Waals surface area contributed by atoms with Crippen molar-refractivity contribution in [1.82, 2.24) is 18.7 Å². The van der Waals surface area contributed by atoms with Gasteiger partial charge in [0.2, 0.25) is 0 Å². The van der Waals surface area contributed by atoms with Gasteiger partial charge in [-0.3, -0.25) is 13.9 Å². The summed E-state index contributed by atoms with van der Waals surface area (Å²) in [5.74, 6) is 1.26. The standard InChI is InChI=1S/C15H25N5O2/c1-5-19-14(21)12-13(18(4)15(19)22)17-11(9-10(2)3)20(12)8-6-7-16/h10H,5-9,16H2,1-4H3. The van der Waals surface area contributed by atoms with Crippen molar-refractivity contribution in [2.24, 2.45) is 18.7 Å². The Bertz CT molecular complexity index is 782. The second-order valence-corrected chi connectivity index (χ2v) is 5.98. The molecule has 0 amide bonds. The van der Waals surface area contributed by atoms with Crippen LogP contribution in [0.25, 0.3) is 11.2 Å². The number of rotatable bonds is 6. The second kappa shape index (κ2) is 6.48. The van der Waals surface area contributed by atoms with Crippen LogP contribution in [-0.2, 0) is 26.6 Å². The monoisotopic (exact) mass is 307 g/mol. The molecule has 122 valence electrons. The van der Waals surface area contributed by atoms with Crippen LogP contribution in [0.5, 0.6) is 0 Å². The maximum absolute atomic E-state index is 12.7. The van der Waals surface area contributed by atoms with Crippen LogP contribution in [0.4, 0.5) is 0 Å². The van der Waals surface area contributed by atoms with Crippen LogP contribution in [0.1, 0.15) is 33.0 Å². The fourth-order valence-corrected chi connectivity index (χ4v) is 2.71. The van der Waals surface area contributed by atoms with Gasteiger partial charge < -0.3 is 10.3 Å². The van der Waals surface area contributed by atoms with E-state index in [-0.39, 0.29) is 11.2 Å². The molecule has 2 rings (SSSR count). The van der Waals surface area contributed by atoms with E-state index in [9.17, 15) is 9.59 Å². The molecule has 0 aliphatic carbocycles. The van der Waals surface area contributed by atoms with E-state index in [1.165, 1.54) is 9.13 Å². The Morgan fingerprint density at radius 2 is 1.91 bits per heavy atom. The van der Waals surface area contributed by atoms with Gasteiger partial charge in [-0.15, -0.1) is 0 Å². The zero-order valence-corrected chi connectivity index (χ0v) is 13.8. The van der Waals surface area contributed by atoms with E-state index in [0.29, 0.717) is 36.7 Å². The van der Waals surface area contributed by atoms with Gasteiger partial charge in [-0.25, -0.2) is 9.78 Å². The Kier molecular flexibility index (Phi) is 4.85. The van der Waals surface area contributed by atoms with Crippen molar-refractivity contribution >= 4 is 11.2 Å². The molecule has 0 aliphatic heterocycles. The largest absolute Gasteiger partial charge is 0.332 e. The third kappa shape index (κ3) is 2.72. The lowest BCUT2D eigenvalue weighted by Crippen LogP contribution is -2.39. The van der Waals surface area contributed by atoms with Gasteiger partial charge in [-0.1, -0.05) is 13.8 Å². The van der Waals surface area contributed by atoms with Crippen LogP contribution in [0.3, 0.4) is 0 Å². The molecule has 2 aromatic rings. The van der Waals surface area contributed by atoms with Crippen LogP contribution in [0.15, 0.2) is 9.59 Å². The lowest BCUT2D eigenvalue weighted by molar-refractivity contribution is 0.565. The fourth-order valence-electron chi connectivity index (χ4n) is 2.71. The van der Waals surface area contributed by atoms with Crippen molar-refractivity contribution in [3.05, 3.63) is 26.7 Å². The van der Waals surface area contributed by atoms with Crippen molar-refractivity contribution < 1.29 is 0 Å². The van der Waals surface area contributed by atoms with Crippen LogP contribution in [0, 0.1) is 5.92 Å². The summed E-state index contributed by atoms with van der Waals surface area (Å²) < 4.78 is 4.65. The van der Waals surface area contributed by atoms with Gasteiger partial charge in [-0.2, -0.15) is 0 Å². The molecule has 0 atom stereocenters. The van der Waals surface area contributed by atoms with Crippen LogP contribution < -0.4 is 17.0 Å². The van der Waals surface area contributed by atoms with Crippen LogP contribution >= 0.6 is 0 Å². The van der Waals surface area contributed by atoms with Crippen molar-refractivity contribution in [3.63, 3.8) is 0 Å². The molecular weight excluding hydrogens is 282 g/mol. The zero-order valence-electron chi connectivity index (χ0n) is 13.8. The summed E-state index contributed by atoms with van der Waals surface area (Å²) in [6, 6.07) is 0. The van der Waals surface area contributed by atoms with E-state index >= 15 is 0 Å². The summed E-state index contributed by atoms with van der Waals surface area (Å²) >= 11 is 0. The summed E-state index contributed by atoms with van der Waals surface area (Å²) in [5, 5.41) is 0. The van der Waals surface area contributed by atoms with Gasteiger partial charge in [-0.05, 0) is 25.8 Å². The summed E-state index contributed by atoms with van der Waals surface area (Å²) in [5.41, 5.74) is 6.01. The molecule has 0 radical (unpaired) electrons. The summed E-state index contributed by atoms with van der Waals surface area (Å²) in [6.45, 7) is 7.56. The van der Waals surface area contributed by atoms with E-state index in [2.05, 4.69) is 18.8 Å². The third-order valence-corrected chi connectivity index (χ3v) is 3.80. The van der Waals surface area contributed by atoms with Crippen LogP contribution in [-0.4, -0.2) is 25.2 Å². The highest BCUT2D eigenvalue weighted by atomic mass is 16.2. The first-order valence-corrected chi connectivity index (χ1v) is 7.81. The van der Waals surface area contributed by atoms with E-state index in [4.69, 9.17) is 5.73 Å². The molecule has 0 bridgehead atoms. The maximum atomic E-state index is 12.7. The second-order valence-electron chi connectivity index (χ2n) is 5.98. The normalized spacial score (nSPS) is 11.7. The van der Waals surface area contributed by atoms with E-state index < -0.39 is 0 Å². The van der Waals surface area contributed by atoms with Gasteiger partial charge >= 0.3 is 5.69 Å². The molecule has 0 saturated carbocycles. The highest BCUT2D eigenvalue weighted by Gasteiger charge is 2.19. The lowest BCUT2D eigenvalue weighted by Gasteiger charge is -2.10. The van der Waals surface area contributed by atoms with Crippen LogP contribution in [0.2, 0.25) is 0 Å². The first-order chi connectivity index (χ1) is 10.4. The molecule has 7 heteroatoms. The molecule has 22 heavy (non-hydrogen) atoms. The molecule has 2 aromatic heterocycles. The summed E-state index contributed by atoms with van der Waals surface area (Å²) in [7, 11) is 1.66. The van der Waals surface area contributed by atoms with Gasteiger partial charge in [0, 0.05) is 26.6 Å². The lowest BCUT2D eigenvalue weighted by atomic mass is 10.1. The minimum Gasteiger partial charge on any atom is -0.330 e. The molecule has 2 N–H and O–H groups in total. The number of nitrogens with two attached hydrogens (primary N) is 1. The number of hydrogen-bond acceptors (Lipinski definition) is 4. The van der Waals surface area contributed by atoms with Crippen molar-refractivity contribution in [2.45, 2.75) is 46.7 Å². The molecule has 0 unspecified atom stereocenters. The SMILES string of the molecule is CCn1c(=O)c2c(nc(CC(C)C)n2CCCN)n(C)c1=O. The number of aryl methyl sites for hydroxylation is 2. The fraction of sp³-hybridized carbons (Fsp3) is 0.667. The van der Waals surface area contributed by atoms with Gasteiger partial charge in [0.15, 0.2) is 11.2 Å². The smallest absolute Gasteiger partial charge is 0.330 e. The van der Waals surface area contributed by atoms with E-state index in [0.717, 1.165) is 18.7 Å². The molecule has 0 saturated heterocycles. The van der Waals surface area contributed by atoms with Crippen molar-refractivity contribution in [3.8, 4) is 0 Å². The van der Waals surface area contributed by atoms with Crippen molar-refractivity contribution in [1.29, 1.82) is 0 Å². The molecule has 0 aromatic carbocycles. The summed E-state index contributed by atoms with van der Waals surface area (Å²) in [6.07, 6.45) is 1.53. The van der Waals surface area contributed by atoms with Gasteiger partial charge in [0.25, 0.3) is 5.56 Å². The number of hydrogen-bond donors (Lipinski definition) is 1. The Balaban J connectivity index is 2.82. The molecule has 0 aliphatic rings. The van der Waals surface area contributed by atoms with E-state index in [1.807, 2.05) is 4.57 Å². The minimum absolute atomic E-state index is 0.264. The van der Waals surface area contributed by atoms with Gasteiger partial charge in [0.1, 0.15) is 5.82 Å². The quantitative estimate of drug-likeness (QED) is 0.840. The van der Waals surface area contributed by atoms with Crippen molar-refractivity contribution in [2.75, 3.05) is 6.54 Å². The Hall–Kier alpha value is -1.89. The van der Waals surface area contributed by atoms with E-state index in [1.54, 1.807) is 14.0 Å². The molecular formula is C15H25N5O2. The average molecular weight is 307 g/mol. The Labute approximate surface area is 129 Å². The summed E-state index contributed by atoms with van der Waals surface area (Å²) in [4.78, 5) is 29.5. The predicted octanol–water partition coefficient (Wildman–Crippen LogP) is 0.464. The first kappa shape index (κ1) is 16.5. The number of aromatic nitrogens is 4. The minimum atomic E-state index is -0.320. The third-order valence-electron chi connectivity index (χ3n) is 3.80. The topological polar surface area (TPSA) is 87.8 Å². The highest BCUT2D eigenvalue weighted by molar-refractivity contribution is 5.71. The number of nitrogens with zero attached hydrogens (tertiary/aromatic N) is 4. The Morgan fingerprint density at radius 3 is 2.45 bits per heavy atom. The first-order valence-electron chi connectivity index (χ1n) is 7.81. The average Bonchev–Trinajstić information content (AvgIpc) is 2.81. The molecule has 0 fully saturated rings. The maximum Gasteiger partial charge on any atom is 0.332 e. The predicted molar refractivity (Wildman–Crippen MR) is 87.1 cm³/mol. The number of imidazole rings is 1. The van der Waals surface area contributed by atoms with Gasteiger partial charge in [0.05, 0.1) is 0 Å².